The summed E-state index contributed by atoms with van der Waals surface area (Å²) < 4.78 is 0. The van der Waals surface area contributed by atoms with Crippen LogP contribution < -0.4 is 0 Å². The highest BCUT2D eigenvalue weighted by atomic mass is 16.4. The van der Waals surface area contributed by atoms with Crippen LogP contribution in [0, 0.1) is 0 Å². The Labute approximate surface area is 125 Å². The van der Waals surface area contributed by atoms with Crippen molar-refractivity contribution in [3.63, 3.8) is 0 Å². The van der Waals surface area contributed by atoms with Gasteiger partial charge in [0.05, 0.1) is 0 Å². The number of rotatable bonds is 4. The second-order valence-corrected chi connectivity index (χ2v) is 5.39. The molecule has 2 rings (SSSR count). The Morgan fingerprint density at radius 1 is 1.14 bits per heavy atom. The molecule has 4 nitrogen and oxygen atoms in total. The highest BCUT2D eigenvalue weighted by Crippen LogP contribution is 2.15. The molecule has 1 heterocycles. The van der Waals surface area contributed by atoms with Gasteiger partial charge in [-0.1, -0.05) is 37.1 Å². The molecule has 0 radical (unpaired) electrons. The molecule has 0 atom stereocenters. The summed E-state index contributed by atoms with van der Waals surface area (Å²) in [5.41, 5.74) is 1.93. The Kier molecular flexibility index (Phi) is 5.55. The normalized spacial score (nSPS) is 16.8. The zero-order valence-electron chi connectivity index (χ0n) is 12.1. The van der Waals surface area contributed by atoms with Gasteiger partial charge in [0.25, 0.3) is 0 Å². The maximum atomic E-state index is 12.1. The van der Waals surface area contributed by atoms with Gasteiger partial charge in [-0.15, -0.1) is 0 Å². The first-order valence-electron chi connectivity index (χ1n) is 7.43. The predicted molar refractivity (Wildman–Crippen MR) is 81.6 cm³/mol. The van der Waals surface area contributed by atoms with E-state index in [0.717, 1.165) is 43.0 Å². The lowest BCUT2D eigenvalue weighted by molar-refractivity contribution is -0.132. The van der Waals surface area contributed by atoms with Crippen molar-refractivity contribution in [3.05, 3.63) is 41.5 Å². The Hall–Kier alpha value is -2.10. The monoisotopic (exact) mass is 287 g/mol. The molecule has 1 aromatic carbocycles. The number of benzene rings is 1. The molecule has 0 unspecified atom stereocenters. The number of nitrogens with zero attached hydrogens (tertiary/aromatic N) is 1. The SMILES string of the molecule is O=C(O)C=Cc1ccc(CN2CCCCCCC2=O)cc1. The molecule has 0 spiro atoms. The van der Waals surface area contributed by atoms with Crippen molar-refractivity contribution in [2.24, 2.45) is 0 Å². The van der Waals surface area contributed by atoms with Crippen LogP contribution in [-0.4, -0.2) is 28.4 Å². The minimum absolute atomic E-state index is 0.240. The largest absolute Gasteiger partial charge is 0.478 e. The van der Waals surface area contributed by atoms with Crippen LogP contribution in [0.15, 0.2) is 30.3 Å². The van der Waals surface area contributed by atoms with Gasteiger partial charge in [-0.25, -0.2) is 4.79 Å². The maximum absolute atomic E-state index is 12.1. The van der Waals surface area contributed by atoms with Gasteiger partial charge in [-0.05, 0) is 30.0 Å². The van der Waals surface area contributed by atoms with Gasteiger partial charge >= 0.3 is 5.97 Å². The van der Waals surface area contributed by atoms with E-state index in [4.69, 9.17) is 5.11 Å². The zero-order chi connectivity index (χ0) is 15.1. The second-order valence-electron chi connectivity index (χ2n) is 5.39. The number of carbonyl (C=O) groups is 2. The Balaban J connectivity index is 1.98. The average molecular weight is 287 g/mol. The van der Waals surface area contributed by atoms with Crippen molar-refractivity contribution in [1.29, 1.82) is 0 Å². The summed E-state index contributed by atoms with van der Waals surface area (Å²) in [4.78, 5) is 24.5. The van der Waals surface area contributed by atoms with Crippen molar-refractivity contribution in [1.82, 2.24) is 4.90 Å². The minimum Gasteiger partial charge on any atom is -0.478 e. The lowest BCUT2D eigenvalue weighted by atomic mass is 10.1. The highest BCUT2D eigenvalue weighted by molar-refractivity contribution is 5.85. The predicted octanol–water partition coefficient (Wildman–Crippen LogP) is 3.08. The fourth-order valence-corrected chi connectivity index (χ4v) is 2.50. The number of hydrogen-bond donors (Lipinski definition) is 1. The quantitative estimate of drug-likeness (QED) is 0.866. The molecule has 1 amide bonds. The zero-order valence-corrected chi connectivity index (χ0v) is 12.1. The first-order chi connectivity index (χ1) is 10.1. The molecule has 0 bridgehead atoms. The Bertz CT molecular complexity index is 519. The molecular formula is C17H21NO3. The van der Waals surface area contributed by atoms with Gasteiger partial charge < -0.3 is 10.0 Å². The second kappa shape index (κ2) is 7.62. The van der Waals surface area contributed by atoms with Crippen molar-refractivity contribution in [3.8, 4) is 0 Å². The molecule has 4 heteroatoms. The van der Waals surface area contributed by atoms with E-state index < -0.39 is 5.97 Å². The van der Waals surface area contributed by atoms with Crippen LogP contribution in [0.1, 0.15) is 43.2 Å². The van der Waals surface area contributed by atoms with E-state index >= 15 is 0 Å². The van der Waals surface area contributed by atoms with E-state index in [-0.39, 0.29) is 5.91 Å². The van der Waals surface area contributed by atoms with E-state index in [9.17, 15) is 9.59 Å². The number of likely N-dealkylation sites (tertiary alicyclic amines) is 1. The van der Waals surface area contributed by atoms with Crippen molar-refractivity contribution in [2.75, 3.05) is 6.54 Å². The fourth-order valence-electron chi connectivity index (χ4n) is 2.50. The van der Waals surface area contributed by atoms with E-state index in [1.54, 1.807) is 6.08 Å². The molecule has 112 valence electrons. The fraction of sp³-hybridized carbons (Fsp3) is 0.412. The molecule has 0 aliphatic carbocycles. The highest BCUT2D eigenvalue weighted by Gasteiger charge is 2.15. The van der Waals surface area contributed by atoms with E-state index in [0.29, 0.717) is 13.0 Å². The van der Waals surface area contributed by atoms with Crippen LogP contribution in [-0.2, 0) is 16.1 Å². The first kappa shape index (κ1) is 15.3. The summed E-state index contributed by atoms with van der Waals surface area (Å²) in [5.74, 6) is -0.713. The van der Waals surface area contributed by atoms with Gasteiger partial charge in [0.2, 0.25) is 5.91 Å². The molecule has 1 aliphatic rings. The lowest BCUT2D eigenvalue weighted by Crippen LogP contribution is -2.32. The summed E-state index contributed by atoms with van der Waals surface area (Å²) in [7, 11) is 0. The van der Waals surface area contributed by atoms with E-state index in [1.165, 1.54) is 6.42 Å². The maximum Gasteiger partial charge on any atom is 0.328 e. The minimum atomic E-state index is -0.953. The van der Waals surface area contributed by atoms with Gasteiger partial charge in [0, 0.05) is 25.6 Å². The van der Waals surface area contributed by atoms with Crippen LogP contribution in [0.2, 0.25) is 0 Å². The van der Waals surface area contributed by atoms with E-state index in [2.05, 4.69) is 0 Å². The first-order valence-corrected chi connectivity index (χ1v) is 7.43. The summed E-state index contributed by atoms with van der Waals surface area (Å²) >= 11 is 0. The molecule has 1 fully saturated rings. The number of amides is 1. The molecule has 1 saturated heterocycles. The summed E-state index contributed by atoms with van der Waals surface area (Å²) in [5, 5.41) is 8.59. The summed E-state index contributed by atoms with van der Waals surface area (Å²) in [6, 6.07) is 7.66. The van der Waals surface area contributed by atoms with Gasteiger partial charge in [0.15, 0.2) is 0 Å². The third-order valence-corrected chi connectivity index (χ3v) is 3.69. The van der Waals surface area contributed by atoms with Crippen molar-refractivity contribution in [2.45, 2.75) is 38.6 Å². The standard InChI is InChI=1S/C17H21NO3/c19-16-5-3-1-2-4-12-18(16)13-15-8-6-14(7-9-15)10-11-17(20)21/h6-11H,1-5,12-13H2,(H,20,21). The molecule has 1 aliphatic heterocycles. The Morgan fingerprint density at radius 2 is 1.86 bits per heavy atom. The topological polar surface area (TPSA) is 57.6 Å². The van der Waals surface area contributed by atoms with Gasteiger partial charge in [0.1, 0.15) is 0 Å². The third kappa shape index (κ3) is 5.06. The number of carboxylic acid groups (broad SMARTS) is 1. The lowest BCUT2D eigenvalue weighted by Gasteiger charge is -2.25. The number of hydrogen-bond acceptors (Lipinski definition) is 2. The average Bonchev–Trinajstić information content (AvgIpc) is 2.46. The summed E-state index contributed by atoms with van der Waals surface area (Å²) in [6.45, 7) is 1.47. The molecule has 0 saturated carbocycles. The molecule has 1 aromatic rings. The summed E-state index contributed by atoms with van der Waals surface area (Å²) in [6.07, 6.45) is 7.76. The third-order valence-electron chi connectivity index (χ3n) is 3.69. The van der Waals surface area contributed by atoms with Crippen LogP contribution in [0.5, 0.6) is 0 Å². The Morgan fingerprint density at radius 3 is 2.57 bits per heavy atom. The van der Waals surface area contributed by atoms with E-state index in [1.807, 2.05) is 29.2 Å². The van der Waals surface area contributed by atoms with Crippen LogP contribution in [0.25, 0.3) is 6.08 Å². The molecule has 21 heavy (non-hydrogen) atoms. The number of carbonyl (C=O) groups excluding carboxylic acids is 1. The van der Waals surface area contributed by atoms with Crippen LogP contribution in [0.4, 0.5) is 0 Å². The molecular weight excluding hydrogens is 266 g/mol. The van der Waals surface area contributed by atoms with Gasteiger partial charge in [-0.2, -0.15) is 0 Å². The smallest absolute Gasteiger partial charge is 0.328 e. The van der Waals surface area contributed by atoms with Crippen LogP contribution in [0.3, 0.4) is 0 Å². The molecule has 0 aromatic heterocycles. The number of carboxylic acids is 1. The van der Waals surface area contributed by atoms with Crippen molar-refractivity contribution < 1.29 is 14.7 Å². The van der Waals surface area contributed by atoms with Crippen molar-refractivity contribution >= 4 is 18.0 Å². The molecule has 1 N–H and O–H groups in total. The van der Waals surface area contributed by atoms with Crippen LogP contribution >= 0.6 is 0 Å². The van der Waals surface area contributed by atoms with Gasteiger partial charge in [-0.3, -0.25) is 4.79 Å². The number of aliphatic carboxylic acids is 1.